The van der Waals surface area contributed by atoms with Crippen molar-refractivity contribution in [2.24, 2.45) is 0 Å². The average molecular weight is 391 g/mol. The smallest absolute Gasteiger partial charge is 0.276 e. The molecule has 26 heavy (non-hydrogen) atoms. The van der Waals surface area contributed by atoms with E-state index in [0.717, 1.165) is 11.5 Å². The lowest BCUT2D eigenvalue weighted by Gasteiger charge is -2.23. The second-order valence-electron chi connectivity index (χ2n) is 5.42. The van der Waals surface area contributed by atoms with Crippen LogP contribution in [0.5, 0.6) is 17.2 Å². The summed E-state index contributed by atoms with van der Waals surface area (Å²) in [5, 5.41) is 9.26. The van der Waals surface area contributed by atoms with Gasteiger partial charge in [0.2, 0.25) is 6.10 Å². The second-order valence-corrected chi connectivity index (χ2v) is 6.90. The van der Waals surface area contributed by atoms with Gasteiger partial charge in [-0.25, -0.2) is 0 Å². The zero-order chi connectivity index (χ0) is 17.8. The highest BCUT2D eigenvalue weighted by atomic mass is 35.5. The number of thioether (sulfide) groups is 1. The first-order valence-electron chi connectivity index (χ1n) is 8.01. The third kappa shape index (κ3) is 4.05. The summed E-state index contributed by atoms with van der Waals surface area (Å²) in [4.78, 5) is 0. The Kier molecular flexibility index (Phi) is 5.17. The molecule has 2 heterocycles. The highest BCUT2D eigenvalue weighted by molar-refractivity contribution is 7.99. The molecular formula is C18H15ClN2O4S. The molecular weight excluding hydrogens is 376 g/mol. The van der Waals surface area contributed by atoms with E-state index >= 15 is 0 Å². The maximum atomic E-state index is 5.86. The van der Waals surface area contributed by atoms with Crippen LogP contribution in [0, 0.1) is 0 Å². The molecule has 0 bridgehead atoms. The molecule has 0 spiro atoms. The quantitative estimate of drug-likeness (QED) is 0.456. The standard InChI is InChI=1S/C18H15ClN2O4S/c19-12-5-7-13(8-6-12)22-9-10-26-18-21-20-17(25-18)16-11-23-14-3-1-2-4-15(14)24-16/h1-8,16H,9-11H2/t16-/m1/s1. The van der Waals surface area contributed by atoms with Crippen LogP contribution in [-0.2, 0) is 0 Å². The van der Waals surface area contributed by atoms with E-state index in [-0.39, 0.29) is 0 Å². The van der Waals surface area contributed by atoms with Gasteiger partial charge in [0.05, 0.1) is 6.61 Å². The highest BCUT2D eigenvalue weighted by Gasteiger charge is 2.27. The Morgan fingerprint density at radius 1 is 1.08 bits per heavy atom. The number of hydrogen-bond acceptors (Lipinski definition) is 7. The van der Waals surface area contributed by atoms with Gasteiger partial charge >= 0.3 is 0 Å². The Morgan fingerprint density at radius 2 is 1.88 bits per heavy atom. The van der Waals surface area contributed by atoms with Crippen molar-refractivity contribution in [3.05, 3.63) is 59.4 Å². The lowest BCUT2D eigenvalue weighted by molar-refractivity contribution is 0.0686. The predicted molar refractivity (Wildman–Crippen MR) is 97.3 cm³/mol. The number of rotatable bonds is 6. The Morgan fingerprint density at radius 3 is 2.73 bits per heavy atom. The Bertz CT molecular complexity index is 872. The molecule has 0 N–H and O–H groups in total. The normalized spacial score (nSPS) is 15.7. The summed E-state index contributed by atoms with van der Waals surface area (Å²) >= 11 is 7.27. The molecule has 4 rings (SSSR count). The van der Waals surface area contributed by atoms with Crippen molar-refractivity contribution in [1.82, 2.24) is 10.2 Å². The monoisotopic (exact) mass is 390 g/mol. The number of fused-ring (bicyclic) bond motifs is 1. The van der Waals surface area contributed by atoms with Crippen molar-refractivity contribution in [1.29, 1.82) is 0 Å². The van der Waals surface area contributed by atoms with Crippen LogP contribution in [0.25, 0.3) is 0 Å². The van der Waals surface area contributed by atoms with Gasteiger partial charge in [-0.05, 0) is 36.4 Å². The molecule has 0 amide bonds. The first-order valence-corrected chi connectivity index (χ1v) is 9.37. The van der Waals surface area contributed by atoms with Crippen molar-refractivity contribution in [2.45, 2.75) is 11.3 Å². The van der Waals surface area contributed by atoms with Gasteiger partial charge in [-0.3, -0.25) is 0 Å². The van der Waals surface area contributed by atoms with E-state index in [1.54, 1.807) is 12.1 Å². The molecule has 3 aromatic rings. The molecule has 8 heteroatoms. The van der Waals surface area contributed by atoms with E-state index in [1.165, 1.54) is 11.8 Å². The van der Waals surface area contributed by atoms with E-state index in [0.29, 0.717) is 40.9 Å². The number of ether oxygens (including phenoxy) is 3. The van der Waals surface area contributed by atoms with E-state index in [9.17, 15) is 0 Å². The minimum absolute atomic E-state index is 0.336. The summed E-state index contributed by atoms with van der Waals surface area (Å²) in [5.74, 6) is 3.24. The van der Waals surface area contributed by atoms with E-state index in [1.807, 2.05) is 36.4 Å². The summed E-state index contributed by atoms with van der Waals surface area (Å²) in [7, 11) is 0. The molecule has 1 atom stereocenters. The first-order chi connectivity index (χ1) is 12.8. The van der Waals surface area contributed by atoms with Gasteiger partial charge in [0.1, 0.15) is 12.4 Å². The largest absolute Gasteiger partial charge is 0.493 e. The molecule has 0 saturated carbocycles. The lowest BCUT2D eigenvalue weighted by Crippen LogP contribution is -2.21. The van der Waals surface area contributed by atoms with Gasteiger partial charge in [-0.2, -0.15) is 0 Å². The lowest BCUT2D eigenvalue weighted by atomic mass is 10.2. The molecule has 0 unspecified atom stereocenters. The van der Waals surface area contributed by atoms with Crippen LogP contribution < -0.4 is 14.2 Å². The second kappa shape index (κ2) is 7.88. The fourth-order valence-electron chi connectivity index (χ4n) is 2.37. The van der Waals surface area contributed by atoms with Crippen molar-refractivity contribution < 1.29 is 18.6 Å². The molecule has 1 aliphatic heterocycles. The minimum atomic E-state index is -0.405. The fourth-order valence-corrected chi connectivity index (χ4v) is 3.08. The molecule has 0 saturated heterocycles. The Hall–Kier alpha value is -2.38. The molecule has 0 radical (unpaired) electrons. The zero-order valence-electron chi connectivity index (χ0n) is 13.6. The van der Waals surface area contributed by atoms with Crippen molar-refractivity contribution >= 4 is 23.4 Å². The SMILES string of the molecule is Clc1ccc(OCCSc2nnc([C@H]3COc4ccccc4O3)o2)cc1. The van der Waals surface area contributed by atoms with Crippen molar-refractivity contribution in [2.75, 3.05) is 19.0 Å². The molecule has 2 aromatic carbocycles. The van der Waals surface area contributed by atoms with Crippen LogP contribution in [0.2, 0.25) is 5.02 Å². The number of benzene rings is 2. The van der Waals surface area contributed by atoms with Crippen LogP contribution in [-0.4, -0.2) is 29.2 Å². The van der Waals surface area contributed by atoms with E-state index in [2.05, 4.69) is 10.2 Å². The van der Waals surface area contributed by atoms with Gasteiger partial charge in [0.15, 0.2) is 11.5 Å². The molecule has 1 aliphatic rings. The highest BCUT2D eigenvalue weighted by Crippen LogP contribution is 2.35. The minimum Gasteiger partial charge on any atom is -0.493 e. The summed E-state index contributed by atoms with van der Waals surface area (Å²) in [6.07, 6.45) is -0.405. The average Bonchev–Trinajstić information content (AvgIpc) is 3.15. The zero-order valence-corrected chi connectivity index (χ0v) is 15.2. The maximum Gasteiger partial charge on any atom is 0.276 e. The topological polar surface area (TPSA) is 66.6 Å². The maximum absolute atomic E-state index is 5.86. The van der Waals surface area contributed by atoms with Crippen LogP contribution in [0.15, 0.2) is 58.2 Å². The molecule has 0 aliphatic carbocycles. The van der Waals surface area contributed by atoms with E-state index in [4.69, 9.17) is 30.2 Å². The van der Waals surface area contributed by atoms with Crippen LogP contribution >= 0.6 is 23.4 Å². The third-order valence-corrected chi connectivity index (χ3v) is 4.63. The van der Waals surface area contributed by atoms with Crippen LogP contribution in [0.3, 0.4) is 0 Å². The number of aromatic nitrogens is 2. The Labute approximate surface area is 159 Å². The van der Waals surface area contributed by atoms with Gasteiger partial charge in [0.25, 0.3) is 11.1 Å². The van der Waals surface area contributed by atoms with Gasteiger partial charge in [-0.1, -0.05) is 35.5 Å². The molecule has 0 fully saturated rings. The van der Waals surface area contributed by atoms with Crippen molar-refractivity contribution in [3.8, 4) is 17.2 Å². The van der Waals surface area contributed by atoms with E-state index < -0.39 is 6.10 Å². The summed E-state index contributed by atoms with van der Waals surface area (Å²) in [5.41, 5.74) is 0. The van der Waals surface area contributed by atoms with Gasteiger partial charge in [-0.15, -0.1) is 10.2 Å². The summed E-state index contributed by atoms with van der Waals surface area (Å²) in [6, 6.07) is 14.7. The number of halogens is 1. The molecule has 134 valence electrons. The summed E-state index contributed by atoms with van der Waals surface area (Å²) < 4.78 is 22.8. The molecule has 1 aromatic heterocycles. The fraction of sp³-hybridized carbons (Fsp3) is 0.222. The number of nitrogens with zero attached hydrogens (tertiary/aromatic N) is 2. The first kappa shape index (κ1) is 17.1. The number of para-hydroxylation sites is 2. The predicted octanol–water partition coefficient (Wildman–Crippen LogP) is 4.41. The van der Waals surface area contributed by atoms with Crippen LogP contribution in [0.1, 0.15) is 12.0 Å². The summed E-state index contributed by atoms with van der Waals surface area (Å²) in [6.45, 7) is 0.851. The van der Waals surface area contributed by atoms with Crippen molar-refractivity contribution in [3.63, 3.8) is 0 Å². The molecule has 6 nitrogen and oxygen atoms in total. The number of hydrogen-bond donors (Lipinski definition) is 0. The van der Waals surface area contributed by atoms with Crippen LogP contribution in [0.4, 0.5) is 0 Å². The third-order valence-electron chi connectivity index (χ3n) is 3.60. The van der Waals surface area contributed by atoms with Gasteiger partial charge < -0.3 is 18.6 Å². The Balaban J connectivity index is 1.28. The van der Waals surface area contributed by atoms with Gasteiger partial charge in [0, 0.05) is 10.8 Å².